The SMILES string of the molecule is Brc1ccc(Br)c(-c2nc(Br)no2)c1. The van der Waals surface area contributed by atoms with E-state index in [4.69, 9.17) is 4.52 Å². The van der Waals surface area contributed by atoms with E-state index >= 15 is 0 Å². The number of nitrogens with zero attached hydrogens (tertiary/aromatic N) is 2. The van der Waals surface area contributed by atoms with Crippen LogP contribution in [0.25, 0.3) is 11.5 Å². The Balaban J connectivity index is 2.55. The Labute approximate surface area is 105 Å². The zero-order chi connectivity index (χ0) is 10.1. The van der Waals surface area contributed by atoms with Gasteiger partial charge in [-0.1, -0.05) is 15.9 Å². The molecule has 6 heteroatoms. The predicted molar refractivity (Wildman–Crippen MR) is 62.8 cm³/mol. The Hall–Kier alpha value is -0.200. The molecule has 2 aromatic rings. The Morgan fingerprint density at radius 2 is 1.93 bits per heavy atom. The predicted octanol–water partition coefficient (Wildman–Crippen LogP) is 4.02. The van der Waals surface area contributed by atoms with Crippen LogP contribution in [-0.4, -0.2) is 10.1 Å². The van der Waals surface area contributed by atoms with E-state index in [1.807, 2.05) is 18.2 Å². The van der Waals surface area contributed by atoms with Gasteiger partial charge in [0, 0.05) is 8.95 Å². The van der Waals surface area contributed by atoms with Gasteiger partial charge in [0.1, 0.15) is 0 Å². The monoisotopic (exact) mass is 380 g/mol. The van der Waals surface area contributed by atoms with Crippen molar-refractivity contribution >= 4 is 47.8 Å². The maximum Gasteiger partial charge on any atom is 0.259 e. The smallest absolute Gasteiger partial charge is 0.259 e. The summed E-state index contributed by atoms with van der Waals surface area (Å²) in [6.07, 6.45) is 0. The first-order chi connectivity index (χ1) is 6.66. The first-order valence-corrected chi connectivity index (χ1v) is 5.99. The van der Waals surface area contributed by atoms with Crippen LogP contribution in [-0.2, 0) is 0 Å². The molecule has 0 spiro atoms. The van der Waals surface area contributed by atoms with E-state index in [2.05, 4.69) is 57.9 Å². The molecular weight excluding hydrogens is 380 g/mol. The van der Waals surface area contributed by atoms with Crippen LogP contribution >= 0.6 is 47.8 Å². The van der Waals surface area contributed by atoms with Crippen molar-refractivity contribution in [1.29, 1.82) is 0 Å². The number of aromatic nitrogens is 2. The molecule has 0 aliphatic rings. The molecule has 1 aromatic heterocycles. The third kappa shape index (κ3) is 2.07. The fraction of sp³-hybridized carbons (Fsp3) is 0. The van der Waals surface area contributed by atoms with Crippen LogP contribution in [0.5, 0.6) is 0 Å². The van der Waals surface area contributed by atoms with Crippen molar-refractivity contribution in [3.8, 4) is 11.5 Å². The minimum atomic E-state index is 0.444. The molecule has 0 unspecified atom stereocenters. The summed E-state index contributed by atoms with van der Waals surface area (Å²) in [4.78, 5) is 4.07. The first-order valence-electron chi connectivity index (χ1n) is 3.61. The second-order valence-corrected chi connectivity index (χ2v) is 4.97. The molecule has 0 bridgehead atoms. The summed E-state index contributed by atoms with van der Waals surface area (Å²) < 4.78 is 7.35. The molecule has 3 nitrogen and oxygen atoms in total. The van der Waals surface area contributed by atoms with Crippen molar-refractivity contribution in [2.45, 2.75) is 0 Å². The molecule has 72 valence electrons. The van der Waals surface area contributed by atoms with Gasteiger partial charge in [0.15, 0.2) is 0 Å². The maximum absolute atomic E-state index is 5.03. The highest BCUT2D eigenvalue weighted by molar-refractivity contribution is 9.11. The minimum Gasteiger partial charge on any atom is -0.333 e. The van der Waals surface area contributed by atoms with Gasteiger partial charge < -0.3 is 4.52 Å². The van der Waals surface area contributed by atoms with Crippen LogP contribution in [0.4, 0.5) is 0 Å². The van der Waals surface area contributed by atoms with E-state index in [0.29, 0.717) is 10.6 Å². The van der Waals surface area contributed by atoms with E-state index in [1.165, 1.54) is 0 Å². The third-order valence-electron chi connectivity index (χ3n) is 1.56. The van der Waals surface area contributed by atoms with E-state index in [9.17, 15) is 0 Å². The standard InChI is InChI=1S/C8H3Br3N2O/c9-4-1-2-6(10)5(3-4)7-12-8(11)13-14-7/h1-3H. The summed E-state index contributed by atoms with van der Waals surface area (Å²) in [7, 11) is 0. The molecule has 0 atom stereocenters. The lowest BCUT2D eigenvalue weighted by Gasteiger charge is -1.98. The lowest BCUT2D eigenvalue weighted by Crippen LogP contribution is -1.79. The highest BCUT2D eigenvalue weighted by Crippen LogP contribution is 2.30. The minimum absolute atomic E-state index is 0.444. The third-order valence-corrected chi connectivity index (χ3v) is 3.07. The van der Waals surface area contributed by atoms with Gasteiger partial charge in [-0.05, 0) is 55.2 Å². The van der Waals surface area contributed by atoms with Crippen LogP contribution in [0.15, 0.2) is 36.4 Å². The Kier molecular flexibility index (Phi) is 3.04. The molecule has 0 amide bonds. The molecule has 0 fully saturated rings. The highest BCUT2D eigenvalue weighted by Gasteiger charge is 2.10. The van der Waals surface area contributed by atoms with E-state index < -0.39 is 0 Å². The largest absolute Gasteiger partial charge is 0.333 e. The Morgan fingerprint density at radius 1 is 1.14 bits per heavy atom. The van der Waals surface area contributed by atoms with Crippen molar-refractivity contribution in [3.05, 3.63) is 31.9 Å². The summed E-state index contributed by atoms with van der Waals surface area (Å²) in [5, 5.41) is 3.66. The highest BCUT2D eigenvalue weighted by atomic mass is 79.9. The van der Waals surface area contributed by atoms with E-state index in [1.54, 1.807) is 0 Å². The fourth-order valence-electron chi connectivity index (χ4n) is 0.976. The molecule has 14 heavy (non-hydrogen) atoms. The summed E-state index contributed by atoms with van der Waals surface area (Å²) >= 11 is 9.92. The average Bonchev–Trinajstić information content (AvgIpc) is 2.56. The number of rotatable bonds is 1. The Bertz CT molecular complexity index is 469. The van der Waals surface area contributed by atoms with Crippen molar-refractivity contribution in [2.75, 3.05) is 0 Å². The molecule has 1 heterocycles. The van der Waals surface area contributed by atoms with Crippen molar-refractivity contribution in [2.24, 2.45) is 0 Å². The van der Waals surface area contributed by atoms with Gasteiger partial charge in [0.2, 0.25) is 4.73 Å². The number of hydrogen-bond donors (Lipinski definition) is 0. The number of hydrogen-bond acceptors (Lipinski definition) is 3. The zero-order valence-corrected chi connectivity index (χ0v) is 11.4. The van der Waals surface area contributed by atoms with Crippen LogP contribution < -0.4 is 0 Å². The van der Waals surface area contributed by atoms with E-state index in [0.717, 1.165) is 14.5 Å². The van der Waals surface area contributed by atoms with Crippen molar-refractivity contribution in [3.63, 3.8) is 0 Å². The normalized spacial score (nSPS) is 10.5. The summed E-state index contributed by atoms with van der Waals surface area (Å²) in [6.45, 7) is 0. The van der Waals surface area contributed by atoms with Crippen LogP contribution in [0, 0.1) is 0 Å². The van der Waals surface area contributed by atoms with Crippen LogP contribution in [0.1, 0.15) is 0 Å². The fourth-order valence-corrected chi connectivity index (χ4v) is 1.99. The molecule has 0 saturated heterocycles. The van der Waals surface area contributed by atoms with Gasteiger partial charge in [0.25, 0.3) is 5.89 Å². The van der Waals surface area contributed by atoms with Crippen molar-refractivity contribution in [1.82, 2.24) is 10.1 Å². The molecule has 1 aromatic carbocycles. The van der Waals surface area contributed by atoms with Gasteiger partial charge in [-0.25, -0.2) is 0 Å². The topological polar surface area (TPSA) is 38.9 Å². The van der Waals surface area contributed by atoms with Gasteiger partial charge in [-0.3, -0.25) is 0 Å². The molecule has 0 N–H and O–H groups in total. The van der Waals surface area contributed by atoms with Gasteiger partial charge in [-0.15, -0.1) is 0 Å². The lowest BCUT2D eigenvalue weighted by atomic mass is 10.2. The summed E-state index contributed by atoms with van der Waals surface area (Å²) in [6, 6.07) is 5.75. The summed E-state index contributed by atoms with van der Waals surface area (Å²) in [5.74, 6) is 0.477. The zero-order valence-electron chi connectivity index (χ0n) is 6.67. The molecule has 2 rings (SSSR count). The van der Waals surface area contributed by atoms with Crippen LogP contribution in [0.3, 0.4) is 0 Å². The second-order valence-electron chi connectivity index (χ2n) is 2.49. The van der Waals surface area contributed by atoms with Crippen LogP contribution in [0.2, 0.25) is 0 Å². The summed E-state index contributed by atoms with van der Waals surface area (Å²) in [5.41, 5.74) is 0.859. The van der Waals surface area contributed by atoms with Gasteiger partial charge in [0.05, 0.1) is 5.56 Å². The molecule has 0 saturated carbocycles. The second kappa shape index (κ2) is 4.12. The molecule has 0 radical (unpaired) electrons. The number of benzene rings is 1. The number of halogens is 3. The van der Waals surface area contributed by atoms with Gasteiger partial charge >= 0.3 is 0 Å². The lowest BCUT2D eigenvalue weighted by molar-refractivity contribution is 0.426. The average molecular weight is 383 g/mol. The Morgan fingerprint density at radius 3 is 2.57 bits per heavy atom. The molecule has 0 aliphatic heterocycles. The van der Waals surface area contributed by atoms with E-state index in [-0.39, 0.29) is 0 Å². The maximum atomic E-state index is 5.03. The quantitative estimate of drug-likeness (QED) is 0.747. The van der Waals surface area contributed by atoms with Crippen molar-refractivity contribution < 1.29 is 4.52 Å². The molecule has 0 aliphatic carbocycles. The van der Waals surface area contributed by atoms with Gasteiger partial charge in [-0.2, -0.15) is 4.98 Å². The molecular formula is C8H3Br3N2O. The first kappa shape index (κ1) is 10.3.